The third-order valence-corrected chi connectivity index (χ3v) is 3.96. The van der Waals surface area contributed by atoms with Crippen LogP contribution in [0.15, 0.2) is 12.1 Å². The Hall–Kier alpha value is -1.10. The SMILES string of the molecule is CC1(C)[B]C(c2cc(F)c(N)cc2F)OC1(C)C. The number of benzene rings is 1. The highest BCUT2D eigenvalue weighted by molar-refractivity contribution is 6.43. The molecule has 0 aliphatic carbocycles. The standard InChI is InChI=1S/C13H17BF2NO/c1-12(2)13(3,4)18-11(14-12)7-5-9(16)10(17)6-8(7)15/h5-6,11H,17H2,1-4H3. The van der Waals surface area contributed by atoms with E-state index in [0.717, 1.165) is 12.1 Å². The molecule has 1 aliphatic rings. The first kappa shape index (κ1) is 13.3. The Morgan fingerprint density at radius 1 is 1.17 bits per heavy atom. The van der Waals surface area contributed by atoms with Crippen molar-refractivity contribution >= 4 is 13.0 Å². The number of ether oxygens (including phenoxy) is 1. The van der Waals surface area contributed by atoms with Gasteiger partial charge in [0, 0.05) is 11.6 Å². The number of hydrogen-bond acceptors (Lipinski definition) is 2. The predicted molar refractivity (Wildman–Crippen MR) is 68.5 cm³/mol. The number of nitrogen functional groups attached to an aromatic ring is 1. The van der Waals surface area contributed by atoms with E-state index < -0.39 is 23.2 Å². The van der Waals surface area contributed by atoms with Gasteiger partial charge in [-0.3, -0.25) is 0 Å². The molecule has 1 fully saturated rings. The fraction of sp³-hybridized carbons (Fsp3) is 0.538. The van der Waals surface area contributed by atoms with Crippen LogP contribution >= 0.6 is 0 Å². The van der Waals surface area contributed by atoms with Gasteiger partial charge < -0.3 is 10.5 Å². The highest BCUT2D eigenvalue weighted by Gasteiger charge is 2.49. The van der Waals surface area contributed by atoms with Crippen molar-refractivity contribution in [3.8, 4) is 0 Å². The van der Waals surface area contributed by atoms with Crippen LogP contribution in [-0.4, -0.2) is 12.9 Å². The first-order chi connectivity index (χ1) is 8.14. The Morgan fingerprint density at radius 2 is 1.78 bits per heavy atom. The summed E-state index contributed by atoms with van der Waals surface area (Å²) < 4.78 is 33.1. The molecule has 2 nitrogen and oxygen atoms in total. The van der Waals surface area contributed by atoms with Crippen molar-refractivity contribution in [3.05, 3.63) is 29.3 Å². The van der Waals surface area contributed by atoms with E-state index in [1.807, 2.05) is 35.0 Å². The first-order valence-corrected chi connectivity index (χ1v) is 5.92. The van der Waals surface area contributed by atoms with Crippen molar-refractivity contribution in [1.82, 2.24) is 0 Å². The lowest BCUT2D eigenvalue weighted by molar-refractivity contribution is -0.0353. The summed E-state index contributed by atoms with van der Waals surface area (Å²) in [5.74, 6) is -1.16. The molecule has 0 aromatic heterocycles. The van der Waals surface area contributed by atoms with Crippen LogP contribution in [0.2, 0.25) is 5.31 Å². The molecule has 97 valence electrons. The molecular weight excluding hydrogens is 235 g/mol. The van der Waals surface area contributed by atoms with Crippen LogP contribution in [0.5, 0.6) is 0 Å². The minimum absolute atomic E-state index is 0.187. The topological polar surface area (TPSA) is 35.2 Å². The highest BCUT2D eigenvalue weighted by Crippen LogP contribution is 2.51. The van der Waals surface area contributed by atoms with Gasteiger partial charge in [0.05, 0.1) is 17.3 Å². The first-order valence-electron chi connectivity index (χ1n) is 5.92. The van der Waals surface area contributed by atoms with Crippen molar-refractivity contribution in [2.45, 2.75) is 44.6 Å². The molecule has 1 unspecified atom stereocenters. The minimum Gasteiger partial charge on any atom is -0.396 e. The van der Waals surface area contributed by atoms with Crippen molar-refractivity contribution in [2.24, 2.45) is 0 Å². The van der Waals surface area contributed by atoms with Gasteiger partial charge in [-0.25, -0.2) is 8.78 Å². The van der Waals surface area contributed by atoms with Crippen LogP contribution in [0.3, 0.4) is 0 Å². The highest BCUT2D eigenvalue weighted by atomic mass is 19.1. The maximum atomic E-state index is 13.8. The maximum Gasteiger partial charge on any atom is 0.166 e. The van der Waals surface area contributed by atoms with E-state index in [4.69, 9.17) is 10.5 Å². The van der Waals surface area contributed by atoms with E-state index in [0.29, 0.717) is 0 Å². The lowest BCUT2D eigenvalue weighted by atomic mass is 9.47. The third kappa shape index (κ3) is 2.01. The Balaban J connectivity index is 2.38. The third-order valence-electron chi connectivity index (χ3n) is 3.96. The summed E-state index contributed by atoms with van der Waals surface area (Å²) >= 11 is 0. The second-order valence-electron chi connectivity index (χ2n) is 5.83. The summed E-state index contributed by atoms with van der Waals surface area (Å²) in [6, 6.07) is 1.56. The van der Waals surface area contributed by atoms with Gasteiger partial charge in [0.25, 0.3) is 0 Å². The number of halogens is 2. The normalized spacial score (nSPS) is 24.9. The van der Waals surface area contributed by atoms with Gasteiger partial charge in [0.2, 0.25) is 0 Å². The molecule has 1 aromatic carbocycles. The molecule has 2 N–H and O–H groups in total. The second-order valence-corrected chi connectivity index (χ2v) is 5.83. The molecule has 1 aliphatic heterocycles. The van der Waals surface area contributed by atoms with Gasteiger partial charge in [-0.1, -0.05) is 13.8 Å². The van der Waals surface area contributed by atoms with Gasteiger partial charge in [0.15, 0.2) is 7.28 Å². The van der Waals surface area contributed by atoms with Crippen molar-refractivity contribution < 1.29 is 13.5 Å². The number of hydrogen-bond donors (Lipinski definition) is 1. The van der Waals surface area contributed by atoms with Crippen LogP contribution in [0.25, 0.3) is 0 Å². The molecule has 18 heavy (non-hydrogen) atoms. The molecule has 0 amide bonds. The second kappa shape index (κ2) is 3.95. The van der Waals surface area contributed by atoms with Gasteiger partial charge in [0.1, 0.15) is 11.6 Å². The van der Waals surface area contributed by atoms with E-state index in [-0.39, 0.29) is 16.6 Å². The fourth-order valence-corrected chi connectivity index (χ4v) is 2.03. The number of nitrogens with two attached hydrogens (primary N) is 1. The van der Waals surface area contributed by atoms with Crippen molar-refractivity contribution in [1.29, 1.82) is 0 Å². The van der Waals surface area contributed by atoms with Crippen molar-refractivity contribution in [2.75, 3.05) is 5.73 Å². The summed E-state index contributed by atoms with van der Waals surface area (Å²) in [6.07, 6.45) is 0. The van der Waals surface area contributed by atoms with E-state index in [9.17, 15) is 8.78 Å². The van der Waals surface area contributed by atoms with Crippen LogP contribution in [0.4, 0.5) is 14.5 Å². The van der Waals surface area contributed by atoms with E-state index in [2.05, 4.69) is 0 Å². The molecule has 1 aromatic rings. The smallest absolute Gasteiger partial charge is 0.166 e. The quantitative estimate of drug-likeness (QED) is 0.615. The van der Waals surface area contributed by atoms with E-state index in [1.165, 1.54) is 0 Å². The number of anilines is 1. The fourth-order valence-electron chi connectivity index (χ4n) is 2.03. The molecule has 0 saturated carbocycles. The summed E-state index contributed by atoms with van der Waals surface area (Å²) in [6.45, 7) is 7.90. The zero-order chi connectivity index (χ0) is 13.7. The van der Waals surface area contributed by atoms with Crippen LogP contribution in [-0.2, 0) is 4.74 Å². The zero-order valence-electron chi connectivity index (χ0n) is 11.1. The minimum atomic E-state index is -0.620. The summed E-state index contributed by atoms with van der Waals surface area (Å²) in [5.41, 5.74) is 4.91. The monoisotopic (exact) mass is 252 g/mol. The molecule has 0 bridgehead atoms. The van der Waals surface area contributed by atoms with Crippen molar-refractivity contribution in [3.63, 3.8) is 0 Å². The lowest BCUT2D eigenvalue weighted by Crippen LogP contribution is -2.31. The van der Waals surface area contributed by atoms with Gasteiger partial charge in [-0.15, -0.1) is 0 Å². The Bertz CT molecular complexity index is 472. The summed E-state index contributed by atoms with van der Waals surface area (Å²) in [4.78, 5) is 0. The lowest BCUT2D eigenvalue weighted by Gasteiger charge is -2.33. The Morgan fingerprint density at radius 3 is 2.28 bits per heavy atom. The van der Waals surface area contributed by atoms with Gasteiger partial charge >= 0.3 is 0 Å². The molecule has 0 spiro atoms. The number of rotatable bonds is 1. The molecule has 1 saturated heterocycles. The van der Waals surface area contributed by atoms with Gasteiger partial charge in [-0.2, -0.15) is 0 Å². The van der Waals surface area contributed by atoms with Crippen LogP contribution in [0, 0.1) is 11.6 Å². The molecule has 1 atom stereocenters. The average molecular weight is 252 g/mol. The maximum absolute atomic E-state index is 13.8. The van der Waals surface area contributed by atoms with Crippen LogP contribution < -0.4 is 5.73 Å². The Kier molecular flexibility index (Phi) is 2.93. The van der Waals surface area contributed by atoms with E-state index in [1.54, 1.807) is 0 Å². The summed E-state index contributed by atoms with van der Waals surface area (Å²) in [7, 11) is 1.90. The largest absolute Gasteiger partial charge is 0.396 e. The summed E-state index contributed by atoms with van der Waals surface area (Å²) in [5, 5.41) is -0.220. The van der Waals surface area contributed by atoms with Crippen LogP contribution in [0.1, 0.15) is 39.3 Å². The Labute approximate surface area is 107 Å². The molecule has 1 radical (unpaired) electrons. The molecule has 5 heteroatoms. The van der Waals surface area contributed by atoms with E-state index >= 15 is 0 Å². The molecular formula is C13H17BF2NO. The van der Waals surface area contributed by atoms with Gasteiger partial charge in [-0.05, 0) is 25.2 Å². The molecule has 1 heterocycles. The average Bonchev–Trinajstić information content (AvgIpc) is 2.42. The molecule has 2 rings (SSSR count). The zero-order valence-corrected chi connectivity index (χ0v) is 11.1. The predicted octanol–water partition coefficient (Wildman–Crippen LogP) is 3.26.